The zero-order chi connectivity index (χ0) is 15.2. The van der Waals surface area contributed by atoms with E-state index in [2.05, 4.69) is 15.2 Å². The van der Waals surface area contributed by atoms with Crippen molar-refractivity contribution in [3.63, 3.8) is 0 Å². The zero-order valence-corrected chi connectivity index (χ0v) is 12.8. The largest absolute Gasteiger partial charge is 0.338 e. The van der Waals surface area contributed by atoms with Gasteiger partial charge in [-0.25, -0.2) is 0 Å². The van der Waals surface area contributed by atoms with Gasteiger partial charge >= 0.3 is 0 Å². The maximum absolute atomic E-state index is 12.9. The molecular weight excluding hydrogens is 276 g/mol. The van der Waals surface area contributed by atoms with E-state index in [-0.39, 0.29) is 11.3 Å². The highest BCUT2D eigenvalue weighted by Gasteiger charge is 2.44. The number of rotatable bonds is 1. The summed E-state index contributed by atoms with van der Waals surface area (Å²) in [4.78, 5) is 19.1. The van der Waals surface area contributed by atoms with Crippen LogP contribution in [0.2, 0.25) is 0 Å². The summed E-state index contributed by atoms with van der Waals surface area (Å²) in [5.74, 6) is 0.109. The number of aromatic amines is 1. The maximum Gasteiger partial charge on any atom is 0.255 e. The molecule has 1 atom stereocenters. The third kappa shape index (κ3) is 1.95. The Labute approximate surface area is 129 Å². The Balaban J connectivity index is 1.63. The number of pyridine rings is 1. The molecule has 22 heavy (non-hydrogen) atoms. The van der Waals surface area contributed by atoms with Crippen LogP contribution in [-0.2, 0) is 11.8 Å². The predicted octanol–water partition coefficient (Wildman–Crippen LogP) is 2.23. The number of piperidine rings is 1. The highest BCUT2D eigenvalue weighted by Crippen LogP contribution is 2.44. The Kier molecular flexibility index (Phi) is 3.03. The molecule has 0 saturated carbocycles. The van der Waals surface area contributed by atoms with Crippen molar-refractivity contribution >= 4 is 5.91 Å². The number of nitrogens with zero attached hydrogens (tertiary/aromatic N) is 3. The lowest BCUT2D eigenvalue weighted by Gasteiger charge is -2.40. The van der Waals surface area contributed by atoms with Gasteiger partial charge in [0.25, 0.3) is 5.91 Å². The molecule has 1 aliphatic carbocycles. The number of amides is 1. The molecule has 0 bridgehead atoms. The molecule has 1 aliphatic heterocycles. The van der Waals surface area contributed by atoms with Crippen LogP contribution in [0, 0.1) is 6.92 Å². The SMILES string of the molecule is Cc1ncccc1C(=O)N1CCCC2(CCc3cn[nH]c32)C1. The van der Waals surface area contributed by atoms with Gasteiger partial charge in [0.05, 0.1) is 11.8 Å². The number of fused-ring (bicyclic) bond motifs is 2. The summed E-state index contributed by atoms with van der Waals surface area (Å²) in [6.07, 6.45) is 8.04. The van der Waals surface area contributed by atoms with Gasteiger partial charge in [-0.05, 0) is 50.3 Å². The van der Waals surface area contributed by atoms with Crippen molar-refractivity contribution in [1.82, 2.24) is 20.1 Å². The highest BCUT2D eigenvalue weighted by molar-refractivity contribution is 5.95. The third-order valence-corrected chi connectivity index (χ3v) is 5.22. The minimum absolute atomic E-state index is 0.0792. The average molecular weight is 296 g/mol. The van der Waals surface area contributed by atoms with Gasteiger partial charge in [-0.15, -0.1) is 0 Å². The van der Waals surface area contributed by atoms with E-state index in [0.717, 1.165) is 50.0 Å². The molecule has 2 aliphatic rings. The summed E-state index contributed by atoms with van der Waals surface area (Å²) in [6, 6.07) is 3.71. The fourth-order valence-corrected chi connectivity index (χ4v) is 4.05. The van der Waals surface area contributed by atoms with Crippen LogP contribution < -0.4 is 0 Å². The predicted molar refractivity (Wildman–Crippen MR) is 82.7 cm³/mol. The minimum atomic E-state index is 0.0792. The lowest BCUT2D eigenvalue weighted by Crippen LogP contribution is -2.48. The van der Waals surface area contributed by atoms with Crippen molar-refractivity contribution in [2.75, 3.05) is 13.1 Å². The molecule has 3 heterocycles. The normalized spacial score (nSPS) is 23.8. The van der Waals surface area contributed by atoms with E-state index >= 15 is 0 Å². The average Bonchev–Trinajstić information content (AvgIpc) is 3.13. The van der Waals surface area contributed by atoms with E-state index in [4.69, 9.17) is 0 Å². The second-order valence-corrected chi connectivity index (χ2v) is 6.52. The Morgan fingerprint density at radius 3 is 3.18 bits per heavy atom. The first-order chi connectivity index (χ1) is 10.7. The van der Waals surface area contributed by atoms with Crippen LogP contribution in [0.1, 0.15) is 46.6 Å². The molecule has 1 N–H and O–H groups in total. The first-order valence-corrected chi connectivity index (χ1v) is 7.93. The molecule has 1 saturated heterocycles. The van der Waals surface area contributed by atoms with Gasteiger partial charge in [0.1, 0.15) is 0 Å². The number of hydrogen-bond donors (Lipinski definition) is 1. The lowest BCUT2D eigenvalue weighted by atomic mass is 9.77. The van der Waals surface area contributed by atoms with E-state index in [1.165, 1.54) is 11.3 Å². The van der Waals surface area contributed by atoms with Crippen LogP contribution in [-0.4, -0.2) is 39.1 Å². The second kappa shape index (κ2) is 4.93. The Bertz CT molecular complexity index is 723. The first-order valence-electron chi connectivity index (χ1n) is 7.93. The molecule has 1 amide bonds. The maximum atomic E-state index is 12.9. The highest BCUT2D eigenvalue weighted by atomic mass is 16.2. The quantitative estimate of drug-likeness (QED) is 0.878. The summed E-state index contributed by atoms with van der Waals surface area (Å²) in [5.41, 5.74) is 4.19. The molecule has 0 radical (unpaired) electrons. The molecule has 5 heteroatoms. The number of hydrogen-bond acceptors (Lipinski definition) is 3. The van der Waals surface area contributed by atoms with Gasteiger partial charge in [0.2, 0.25) is 0 Å². The summed E-state index contributed by atoms with van der Waals surface area (Å²) in [7, 11) is 0. The van der Waals surface area contributed by atoms with Crippen LogP contribution in [0.5, 0.6) is 0 Å². The van der Waals surface area contributed by atoms with Crippen molar-refractivity contribution in [3.05, 3.63) is 47.0 Å². The summed E-state index contributed by atoms with van der Waals surface area (Å²) >= 11 is 0. The van der Waals surface area contributed by atoms with E-state index < -0.39 is 0 Å². The number of H-pyrrole nitrogens is 1. The van der Waals surface area contributed by atoms with E-state index in [0.29, 0.717) is 0 Å². The van der Waals surface area contributed by atoms with E-state index in [1.54, 1.807) is 6.20 Å². The molecular formula is C17H20N4O. The standard InChI is InChI=1S/C17H20N4O/c1-12-14(4-2-8-18-12)16(22)21-9-3-6-17(11-21)7-5-13-10-19-20-15(13)17/h2,4,8,10H,3,5-7,9,11H2,1H3,(H,19,20). The summed E-state index contributed by atoms with van der Waals surface area (Å²) in [5, 5.41) is 7.39. The lowest BCUT2D eigenvalue weighted by molar-refractivity contribution is 0.0631. The van der Waals surface area contributed by atoms with Crippen LogP contribution in [0.25, 0.3) is 0 Å². The van der Waals surface area contributed by atoms with Crippen molar-refractivity contribution in [1.29, 1.82) is 0 Å². The molecule has 5 nitrogen and oxygen atoms in total. The number of aromatic nitrogens is 3. The smallest absolute Gasteiger partial charge is 0.255 e. The Morgan fingerprint density at radius 2 is 2.32 bits per heavy atom. The number of nitrogens with one attached hydrogen (secondary N) is 1. The van der Waals surface area contributed by atoms with Crippen molar-refractivity contribution < 1.29 is 4.79 Å². The number of carbonyl (C=O) groups excluding carboxylic acids is 1. The summed E-state index contributed by atoms with van der Waals surface area (Å²) in [6.45, 7) is 3.52. The topological polar surface area (TPSA) is 61.9 Å². The van der Waals surface area contributed by atoms with Crippen LogP contribution in [0.3, 0.4) is 0 Å². The van der Waals surface area contributed by atoms with Crippen molar-refractivity contribution in [3.8, 4) is 0 Å². The zero-order valence-electron chi connectivity index (χ0n) is 12.8. The fourth-order valence-electron chi connectivity index (χ4n) is 4.05. The molecule has 2 aromatic heterocycles. The summed E-state index contributed by atoms with van der Waals surface area (Å²) < 4.78 is 0. The molecule has 114 valence electrons. The third-order valence-electron chi connectivity index (χ3n) is 5.22. The molecule has 4 rings (SSSR count). The number of aryl methyl sites for hydroxylation is 2. The van der Waals surface area contributed by atoms with Crippen molar-refractivity contribution in [2.45, 2.75) is 38.0 Å². The minimum Gasteiger partial charge on any atom is -0.338 e. The fraction of sp³-hybridized carbons (Fsp3) is 0.471. The number of carbonyl (C=O) groups is 1. The van der Waals surface area contributed by atoms with E-state index in [9.17, 15) is 4.79 Å². The van der Waals surface area contributed by atoms with Gasteiger partial charge in [0, 0.05) is 36.1 Å². The monoisotopic (exact) mass is 296 g/mol. The van der Waals surface area contributed by atoms with Gasteiger partial charge < -0.3 is 4.90 Å². The van der Waals surface area contributed by atoms with Crippen molar-refractivity contribution in [2.24, 2.45) is 0 Å². The van der Waals surface area contributed by atoms with Crippen LogP contribution >= 0.6 is 0 Å². The van der Waals surface area contributed by atoms with Gasteiger partial charge in [-0.3, -0.25) is 14.9 Å². The Morgan fingerprint density at radius 1 is 1.41 bits per heavy atom. The molecule has 2 aromatic rings. The van der Waals surface area contributed by atoms with E-state index in [1.807, 2.05) is 30.2 Å². The van der Waals surface area contributed by atoms with Gasteiger partial charge in [0.15, 0.2) is 0 Å². The molecule has 1 fully saturated rings. The number of likely N-dealkylation sites (tertiary alicyclic amines) is 1. The Hall–Kier alpha value is -2.17. The first kappa shape index (κ1) is 13.5. The van der Waals surface area contributed by atoms with Crippen LogP contribution in [0.15, 0.2) is 24.5 Å². The molecule has 1 unspecified atom stereocenters. The van der Waals surface area contributed by atoms with Gasteiger partial charge in [-0.2, -0.15) is 5.10 Å². The second-order valence-electron chi connectivity index (χ2n) is 6.52. The van der Waals surface area contributed by atoms with Gasteiger partial charge in [-0.1, -0.05) is 0 Å². The van der Waals surface area contributed by atoms with Crippen LogP contribution in [0.4, 0.5) is 0 Å². The molecule has 0 aromatic carbocycles. The molecule has 1 spiro atoms.